The molecule has 1 heterocycles. The fourth-order valence-corrected chi connectivity index (χ4v) is 2.31. The fraction of sp³-hybridized carbons (Fsp3) is 0.467. The smallest absolute Gasteiger partial charge is 0.339 e. The van der Waals surface area contributed by atoms with Crippen LogP contribution in [0.15, 0.2) is 18.2 Å². The predicted molar refractivity (Wildman–Crippen MR) is 75.3 cm³/mol. The third kappa shape index (κ3) is 3.95. The molecule has 114 valence electrons. The largest absolute Gasteiger partial charge is 0.496 e. The third-order valence-corrected chi connectivity index (χ3v) is 3.49. The Kier molecular flexibility index (Phi) is 5.16. The predicted octanol–water partition coefficient (Wildman–Crippen LogP) is 1.44. The maximum atomic E-state index is 12.0. The van der Waals surface area contributed by atoms with Gasteiger partial charge in [0.2, 0.25) is 5.91 Å². The molecule has 0 radical (unpaired) electrons. The summed E-state index contributed by atoms with van der Waals surface area (Å²) < 4.78 is 10.3. The van der Waals surface area contributed by atoms with Crippen LogP contribution in [0.1, 0.15) is 28.8 Å². The highest BCUT2D eigenvalue weighted by atomic mass is 16.5. The molecule has 1 unspecified atom stereocenters. The molecule has 1 atom stereocenters. The Balaban J connectivity index is 1.98. The van der Waals surface area contributed by atoms with Crippen molar-refractivity contribution in [1.29, 1.82) is 0 Å². The Morgan fingerprint density at radius 2 is 2.29 bits per heavy atom. The first-order chi connectivity index (χ1) is 10.1. The molecular weight excluding hydrogens is 274 g/mol. The number of ether oxygens (including phenoxy) is 2. The number of carboxylic acids is 1. The first-order valence-electron chi connectivity index (χ1n) is 6.87. The summed E-state index contributed by atoms with van der Waals surface area (Å²) in [6.45, 7) is 1.46. The molecule has 1 aliphatic heterocycles. The molecule has 1 aliphatic rings. The van der Waals surface area contributed by atoms with Gasteiger partial charge in [-0.3, -0.25) is 4.79 Å². The van der Waals surface area contributed by atoms with E-state index in [0.717, 1.165) is 18.4 Å². The van der Waals surface area contributed by atoms with E-state index in [9.17, 15) is 9.59 Å². The van der Waals surface area contributed by atoms with Gasteiger partial charge in [-0.05, 0) is 30.5 Å². The van der Waals surface area contributed by atoms with E-state index < -0.39 is 5.97 Å². The Morgan fingerprint density at radius 3 is 2.90 bits per heavy atom. The second kappa shape index (κ2) is 7.08. The van der Waals surface area contributed by atoms with Crippen molar-refractivity contribution < 1.29 is 24.2 Å². The zero-order valence-electron chi connectivity index (χ0n) is 11.9. The van der Waals surface area contributed by atoms with Gasteiger partial charge in [-0.2, -0.15) is 0 Å². The molecular formula is C15H19NO5. The second-order valence-electron chi connectivity index (χ2n) is 4.97. The molecule has 1 aromatic carbocycles. The topological polar surface area (TPSA) is 84.9 Å². The molecule has 0 bridgehead atoms. The lowest BCUT2D eigenvalue weighted by Crippen LogP contribution is -2.35. The zero-order chi connectivity index (χ0) is 15.2. The number of hydrogen-bond acceptors (Lipinski definition) is 4. The molecule has 6 nitrogen and oxygen atoms in total. The number of methoxy groups -OCH3 is 1. The van der Waals surface area contributed by atoms with Gasteiger partial charge in [-0.1, -0.05) is 6.07 Å². The van der Waals surface area contributed by atoms with Gasteiger partial charge in [0.15, 0.2) is 0 Å². The molecule has 1 saturated heterocycles. The van der Waals surface area contributed by atoms with Gasteiger partial charge >= 0.3 is 5.97 Å². The van der Waals surface area contributed by atoms with Crippen LogP contribution in [0.25, 0.3) is 0 Å². The molecule has 1 amide bonds. The van der Waals surface area contributed by atoms with E-state index in [4.69, 9.17) is 14.6 Å². The van der Waals surface area contributed by atoms with Crippen molar-refractivity contribution in [2.45, 2.75) is 19.4 Å². The Labute approximate surface area is 123 Å². The molecule has 0 saturated carbocycles. The minimum atomic E-state index is -1.05. The monoisotopic (exact) mass is 293 g/mol. The lowest BCUT2D eigenvalue weighted by molar-refractivity contribution is -0.129. The van der Waals surface area contributed by atoms with Gasteiger partial charge < -0.3 is 19.9 Å². The zero-order valence-corrected chi connectivity index (χ0v) is 11.9. The summed E-state index contributed by atoms with van der Waals surface area (Å²) in [6, 6.07) is 4.84. The Hall–Kier alpha value is -2.08. The highest BCUT2D eigenvalue weighted by Crippen LogP contribution is 2.20. The SMILES string of the molecule is COc1ccc(CNC(=O)C2CCCOC2)cc1C(=O)O. The van der Waals surface area contributed by atoms with E-state index in [-0.39, 0.29) is 17.4 Å². The first-order valence-corrected chi connectivity index (χ1v) is 6.87. The van der Waals surface area contributed by atoms with Crippen LogP contribution in [-0.4, -0.2) is 37.3 Å². The molecule has 1 aromatic rings. The van der Waals surface area contributed by atoms with Gasteiger partial charge in [0.25, 0.3) is 0 Å². The number of carboxylic acid groups (broad SMARTS) is 1. The summed E-state index contributed by atoms with van der Waals surface area (Å²) in [4.78, 5) is 23.1. The molecule has 6 heteroatoms. The Bertz CT molecular complexity index is 523. The van der Waals surface area contributed by atoms with Crippen molar-refractivity contribution in [1.82, 2.24) is 5.32 Å². The molecule has 0 aliphatic carbocycles. The van der Waals surface area contributed by atoms with Crippen molar-refractivity contribution in [3.05, 3.63) is 29.3 Å². The van der Waals surface area contributed by atoms with Gasteiger partial charge in [0.1, 0.15) is 11.3 Å². The number of aromatic carboxylic acids is 1. The van der Waals surface area contributed by atoms with E-state index in [2.05, 4.69) is 5.32 Å². The van der Waals surface area contributed by atoms with Crippen LogP contribution in [0.4, 0.5) is 0 Å². The average Bonchev–Trinajstić information content (AvgIpc) is 2.53. The summed E-state index contributed by atoms with van der Waals surface area (Å²) in [5.41, 5.74) is 0.809. The van der Waals surface area contributed by atoms with Crippen LogP contribution in [0.2, 0.25) is 0 Å². The molecule has 21 heavy (non-hydrogen) atoms. The van der Waals surface area contributed by atoms with E-state index in [1.807, 2.05) is 0 Å². The van der Waals surface area contributed by atoms with Crippen LogP contribution in [0.3, 0.4) is 0 Å². The number of nitrogens with one attached hydrogen (secondary N) is 1. The second-order valence-corrected chi connectivity index (χ2v) is 4.97. The maximum absolute atomic E-state index is 12.0. The van der Waals surface area contributed by atoms with Crippen LogP contribution in [0, 0.1) is 5.92 Å². The molecule has 2 rings (SSSR count). The van der Waals surface area contributed by atoms with Crippen LogP contribution in [0.5, 0.6) is 5.75 Å². The van der Waals surface area contributed by atoms with Gasteiger partial charge in [-0.15, -0.1) is 0 Å². The average molecular weight is 293 g/mol. The van der Waals surface area contributed by atoms with Gasteiger partial charge in [-0.25, -0.2) is 4.79 Å². The molecule has 1 fully saturated rings. The van der Waals surface area contributed by atoms with Crippen molar-refractivity contribution in [2.75, 3.05) is 20.3 Å². The summed E-state index contributed by atoms with van der Waals surface area (Å²) in [6.07, 6.45) is 1.72. The van der Waals surface area contributed by atoms with Crippen molar-refractivity contribution >= 4 is 11.9 Å². The standard InChI is InChI=1S/C15H19NO5/c1-20-13-5-4-10(7-12(13)15(18)19)8-16-14(17)11-3-2-6-21-9-11/h4-5,7,11H,2-3,6,8-9H2,1H3,(H,16,17)(H,18,19). The third-order valence-electron chi connectivity index (χ3n) is 3.49. The minimum Gasteiger partial charge on any atom is -0.496 e. The quantitative estimate of drug-likeness (QED) is 0.858. The summed E-state index contributed by atoms with van der Waals surface area (Å²) in [5, 5.41) is 11.9. The molecule has 0 aromatic heterocycles. The van der Waals surface area contributed by atoms with Crippen molar-refractivity contribution in [3.8, 4) is 5.75 Å². The minimum absolute atomic E-state index is 0.0533. The highest BCUT2D eigenvalue weighted by molar-refractivity contribution is 5.91. The number of benzene rings is 1. The van der Waals surface area contributed by atoms with Crippen molar-refractivity contribution in [2.24, 2.45) is 5.92 Å². The summed E-state index contributed by atoms with van der Waals surface area (Å²) in [5.74, 6) is -0.919. The summed E-state index contributed by atoms with van der Waals surface area (Å²) >= 11 is 0. The molecule has 0 spiro atoms. The maximum Gasteiger partial charge on any atom is 0.339 e. The van der Waals surface area contributed by atoms with Gasteiger partial charge in [0, 0.05) is 13.2 Å². The number of carbonyl (C=O) groups excluding carboxylic acids is 1. The highest BCUT2D eigenvalue weighted by Gasteiger charge is 2.21. The Morgan fingerprint density at radius 1 is 1.48 bits per heavy atom. The van der Waals surface area contributed by atoms with E-state index in [0.29, 0.717) is 25.5 Å². The number of rotatable bonds is 5. The van der Waals surface area contributed by atoms with E-state index in [1.54, 1.807) is 12.1 Å². The van der Waals surface area contributed by atoms with Crippen LogP contribution < -0.4 is 10.1 Å². The molecule has 2 N–H and O–H groups in total. The first kappa shape index (κ1) is 15.3. The van der Waals surface area contributed by atoms with Crippen molar-refractivity contribution in [3.63, 3.8) is 0 Å². The number of hydrogen-bond donors (Lipinski definition) is 2. The number of amides is 1. The normalized spacial score (nSPS) is 18.0. The van der Waals surface area contributed by atoms with Crippen LogP contribution in [-0.2, 0) is 16.1 Å². The van der Waals surface area contributed by atoms with Crippen LogP contribution >= 0.6 is 0 Å². The van der Waals surface area contributed by atoms with Gasteiger partial charge in [0.05, 0.1) is 19.6 Å². The lowest BCUT2D eigenvalue weighted by Gasteiger charge is -2.21. The number of carbonyl (C=O) groups is 2. The fourth-order valence-electron chi connectivity index (χ4n) is 2.31. The van der Waals surface area contributed by atoms with E-state index in [1.165, 1.54) is 13.2 Å². The lowest BCUT2D eigenvalue weighted by atomic mass is 10.0. The summed E-state index contributed by atoms with van der Waals surface area (Å²) in [7, 11) is 1.42. The van der Waals surface area contributed by atoms with E-state index >= 15 is 0 Å².